The van der Waals surface area contributed by atoms with Gasteiger partial charge in [0.05, 0.1) is 30.2 Å². The van der Waals surface area contributed by atoms with Crippen LogP contribution in [-0.2, 0) is 14.3 Å². The lowest BCUT2D eigenvalue weighted by Gasteiger charge is -2.28. The fourth-order valence-electron chi connectivity index (χ4n) is 3.86. The van der Waals surface area contributed by atoms with E-state index in [1.807, 2.05) is 25.1 Å². The van der Waals surface area contributed by atoms with Crippen LogP contribution in [-0.4, -0.2) is 43.7 Å². The summed E-state index contributed by atoms with van der Waals surface area (Å²) >= 11 is 6.40. The number of ketones is 1. The standard InChI is InChI=1S/C25H30ClN3O4/c1-6-17-19(14-20(24(30)23(17)26)28-25(31)21-9-8-12-33-21)27-18-11-10-16(13-22(18)32-5)29(7-2)15(3)4/h9-11,13-15H,6-8,12H2,1-5H3,(H,28,31). The molecule has 0 unspecified atom stereocenters. The van der Waals surface area contributed by atoms with Crippen molar-refractivity contribution < 1.29 is 19.1 Å². The molecular weight excluding hydrogens is 442 g/mol. The van der Waals surface area contributed by atoms with Crippen molar-refractivity contribution >= 4 is 40.4 Å². The second-order valence-electron chi connectivity index (χ2n) is 7.93. The summed E-state index contributed by atoms with van der Waals surface area (Å²) in [6, 6.07) is 6.16. The Kier molecular flexibility index (Phi) is 7.97. The summed E-state index contributed by atoms with van der Waals surface area (Å²) in [4.78, 5) is 32.2. The number of anilines is 1. The Morgan fingerprint density at radius 1 is 1.33 bits per heavy atom. The van der Waals surface area contributed by atoms with Gasteiger partial charge < -0.3 is 19.7 Å². The Morgan fingerprint density at radius 3 is 2.67 bits per heavy atom. The predicted molar refractivity (Wildman–Crippen MR) is 131 cm³/mol. The maximum atomic E-state index is 12.8. The van der Waals surface area contributed by atoms with E-state index in [-0.39, 0.29) is 16.5 Å². The third-order valence-electron chi connectivity index (χ3n) is 5.53. The molecule has 0 saturated carbocycles. The molecule has 1 aliphatic heterocycles. The summed E-state index contributed by atoms with van der Waals surface area (Å²) in [5.74, 6) is -0.124. The Hall–Kier alpha value is -3.06. The molecule has 8 heteroatoms. The molecule has 7 nitrogen and oxygen atoms in total. The molecule has 1 N–H and O–H groups in total. The molecule has 1 aromatic carbocycles. The number of hydrogen-bond donors (Lipinski definition) is 1. The van der Waals surface area contributed by atoms with Gasteiger partial charge in [0.1, 0.15) is 11.4 Å². The van der Waals surface area contributed by atoms with Gasteiger partial charge in [0.2, 0.25) is 5.78 Å². The number of carbonyl (C=O) groups excluding carboxylic acids is 2. The zero-order valence-electron chi connectivity index (χ0n) is 19.7. The smallest absolute Gasteiger partial charge is 0.290 e. The minimum atomic E-state index is -0.480. The fraction of sp³-hybridized carbons (Fsp3) is 0.400. The van der Waals surface area contributed by atoms with Crippen LogP contribution < -0.4 is 15.0 Å². The van der Waals surface area contributed by atoms with Gasteiger partial charge in [0.25, 0.3) is 5.91 Å². The zero-order valence-corrected chi connectivity index (χ0v) is 20.5. The summed E-state index contributed by atoms with van der Waals surface area (Å²) in [5, 5.41) is 2.66. The molecule has 0 radical (unpaired) electrons. The van der Waals surface area contributed by atoms with E-state index in [1.54, 1.807) is 19.3 Å². The average Bonchev–Trinajstić information content (AvgIpc) is 3.33. The molecule has 176 valence electrons. The van der Waals surface area contributed by atoms with E-state index in [4.69, 9.17) is 26.1 Å². The van der Waals surface area contributed by atoms with Gasteiger partial charge in [-0.25, -0.2) is 4.99 Å². The lowest BCUT2D eigenvalue weighted by atomic mass is 9.97. The van der Waals surface area contributed by atoms with Crippen LogP contribution in [0.4, 0.5) is 11.4 Å². The van der Waals surface area contributed by atoms with Crippen molar-refractivity contribution in [3.8, 4) is 5.75 Å². The summed E-state index contributed by atoms with van der Waals surface area (Å²) < 4.78 is 10.9. The van der Waals surface area contributed by atoms with Crippen LogP contribution >= 0.6 is 11.6 Å². The van der Waals surface area contributed by atoms with Crippen LogP contribution in [0.1, 0.15) is 40.5 Å². The molecule has 0 bridgehead atoms. The van der Waals surface area contributed by atoms with Gasteiger partial charge in [-0.05, 0) is 51.5 Å². The van der Waals surface area contributed by atoms with E-state index >= 15 is 0 Å². The lowest BCUT2D eigenvalue weighted by molar-refractivity contribution is -0.121. The summed E-state index contributed by atoms with van der Waals surface area (Å²) in [6.07, 6.45) is 4.41. The average molecular weight is 472 g/mol. The van der Waals surface area contributed by atoms with E-state index < -0.39 is 11.7 Å². The summed E-state index contributed by atoms with van der Waals surface area (Å²) in [6.45, 7) is 9.59. The van der Waals surface area contributed by atoms with Gasteiger partial charge in [-0.2, -0.15) is 0 Å². The second kappa shape index (κ2) is 10.7. The minimum Gasteiger partial charge on any atom is -0.494 e. The number of hydrogen-bond acceptors (Lipinski definition) is 6. The highest BCUT2D eigenvalue weighted by molar-refractivity contribution is 6.49. The van der Waals surface area contributed by atoms with Crippen LogP contribution in [0.25, 0.3) is 0 Å². The number of benzene rings is 1. The molecular formula is C25H30ClN3O4. The van der Waals surface area contributed by atoms with Crippen LogP contribution in [0.2, 0.25) is 0 Å². The van der Waals surface area contributed by atoms with Gasteiger partial charge in [-0.1, -0.05) is 18.5 Å². The molecule has 33 heavy (non-hydrogen) atoms. The highest BCUT2D eigenvalue weighted by Gasteiger charge is 2.28. The molecule has 0 atom stereocenters. The molecule has 1 aliphatic carbocycles. The number of methoxy groups -OCH3 is 1. The van der Waals surface area contributed by atoms with Gasteiger partial charge >= 0.3 is 0 Å². The van der Waals surface area contributed by atoms with Gasteiger partial charge in [0, 0.05) is 36.3 Å². The number of Topliss-reactive ketones (excluding diaryl/α,β-unsaturated/α-hetero) is 1. The first-order valence-corrected chi connectivity index (χ1v) is 11.5. The molecule has 3 rings (SSSR count). The molecule has 1 heterocycles. The minimum absolute atomic E-state index is 0.0444. The van der Waals surface area contributed by atoms with E-state index in [2.05, 4.69) is 31.0 Å². The third kappa shape index (κ3) is 5.30. The number of rotatable bonds is 8. The van der Waals surface area contributed by atoms with Crippen LogP contribution in [0.3, 0.4) is 0 Å². The maximum Gasteiger partial charge on any atom is 0.290 e. The first-order valence-electron chi connectivity index (χ1n) is 11.1. The van der Waals surface area contributed by atoms with Crippen LogP contribution in [0, 0.1) is 0 Å². The van der Waals surface area contributed by atoms with Crippen LogP contribution in [0.15, 0.2) is 57.4 Å². The van der Waals surface area contributed by atoms with Crippen molar-refractivity contribution in [2.75, 3.05) is 25.2 Å². The number of ether oxygens (including phenoxy) is 2. The fourth-order valence-corrected chi connectivity index (χ4v) is 4.19. The van der Waals surface area contributed by atoms with Gasteiger partial charge in [-0.3, -0.25) is 9.59 Å². The number of carbonyl (C=O) groups is 2. The van der Waals surface area contributed by atoms with Crippen molar-refractivity contribution in [1.29, 1.82) is 0 Å². The van der Waals surface area contributed by atoms with E-state index in [9.17, 15) is 9.59 Å². The lowest BCUT2D eigenvalue weighted by Crippen LogP contribution is -2.32. The van der Waals surface area contributed by atoms with Crippen molar-refractivity contribution in [3.05, 3.63) is 52.4 Å². The third-order valence-corrected chi connectivity index (χ3v) is 5.93. The number of amides is 1. The zero-order chi connectivity index (χ0) is 24.1. The Bertz CT molecular complexity index is 1070. The van der Waals surface area contributed by atoms with E-state index in [0.29, 0.717) is 48.2 Å². The topological polar surface area (TPSA) is 80.2 Å². The summed E-state index contributed by atoms with van der Waals surface area (Å²) in [7, 11) is 1.60. The SMILES string of the molecule is CCC1=C(Cl)C(=O)C(NC(=O)C2=CCCO2)=CC1=Nc1ccc(N(CC)C(C)C)cc1OC. The molecule has 0 spiro atoms. The first kappa shape index (κ1) is 24.6. The van der Waals surface area contributed by atoms with E-state index in [0.717, 1.165) is 12.2 Å². The number of aliphatic imine (C=N–C) groups is 1. The van der Waals surface area contributed by atoms with Crippen molar-refractivity contribution in [2.24, 2.45) is 4.99 Å². The van der Waals surface area contributed by atoms with Gasteiger partial charge in [-0.15, -0.1) is 0 Å². The molecule has 2 aliphatic rings. The highest BCUT2D eigenvalue weighted by Crippen LogP contribution is 2.35. The Morgan fingerprint density at radius 2 is 2.09 bits per heavy atom. The monoisotopic (exact) mass is 471 g/mol. The van der Waals surface area contributed by atoms with Crippen molar-refractivity contribution in [2.45, 2.75) is 46.6 Å². The Balaban J connectivity index is 2.00. The van der Waals surface area contributed by atoms with Crippen LogP contribution in [0.5, 0.6) is 5.75 Å². The number of nitrogens with one attached hydrogen (secondary N) is 1. The molecule has 1 amide bonds. The molecule has 0 saturated heterocycles. The normalized spacial score (nSPS) is 17.2. The van der Waals surface area contributed by atoms with Crippen molar-refractivity contribution in [1.82, 2.24) is 5.32 Å². The number of nitrogens with zero attached hydrogens (tertiary/aromatic N) is 2. The molecule has 0 fully saturated rings. The molecule has 1 aromatic rings. The summed E-state index contributed by atoms with van der Waals surface area (Å²) in [5.41, 5.74) is 2.81. The first-order chi connectivity index (χ1) is 15.8. The number of allylic oxidation sites excluding steroid dienone is 3. The maximum absolute atomic E-state index is 12.8. The predicted octanol–water partition coefficient (Wildman–Crippen LogP) is 4.79. The largest absolute Gasteiger partial charge is 0.494 e. The Labute approximate surface area is 199 Å². The van der Waals surface area contributed by atoms with Gasteiger partial charge in [0.15, 0.2) is 5.76 Å². The number of halogens is 1. The highest BCUT2D eigenvalue weighted by atomic mass is 35.5. The van der Waals surface area contributed by atoms with Crippen molar-refractivity contribution in [3.63, 3.8) is 0 Å². The van der Waals surface area contributed by atoms with E-state index in [1.165, 1.54) is 0 Å². The molecule has 0 aromatic heterocycles. The quantitative estimate of drug-likeness (QED) is 0.551. The second-order valence-corrected chi connectivity index (χ2v) is 8.30.